The van der Waals surface area contributed by atoms with Crippen molar-refractivity contribution < 1.29 is 0 Å². The van der Waals surface area contributed by atoms with E-state index in [1.54, 1.807) is 0 Å². The number of hydrogen-bond donors (Lipinski definition) is 1. The molecule has 0 unspecified atom stereocenters. The summed E-state index contributed by atoms with van der Waals surface area (Å²) in [6.07, 6.45) is 6.94. The Morgan fingerprint density at radius 1 is 1.26 bits per heavy atom. The van der Waals surface area contributed by atoms with Crippen LogP contribution in [0.1, 0.15) is 47.7 Å². The normalized spacial score (nSPS) is 23.9. The molecule has 0 aromatic carbocycles. The first-order valence-corrected chi connectivity index (χ1v) is 8.39. The molecule has 1 saturated carbocycles. The van der Waals surface area contributed by atoms with Gasteiger partial charge in [0.25, 0.3) is 0 Å². The van der Waals surface area contributed by atoms with Crippen LogP contribution in [0.5, 0.6) is 0 Å². The van der Waals surface area contributed by atoms with Crippen LogP contribution in [-0.2, 0) is 6.54 Å². The summed E-state index contributed by atoms with van der Waals surface area (Å²) in [7, 11) is 0. The number of rotatable bonds is 2. The molecule has 2 heterocycles. The summed E-state index contributed by atoms with van der Waals surface area (Å²) < 4.78 is 0. The summed E-state index contributed by atoms with van der Waals surface area (Å²) in [6, 6.07) is 0. The standard InChI is InChI=1S/C15H25N3S/c1-12-13(2)19-14(17-12)10-18-9-8-16-15(11-18)6-4-3-5-7-15/h16H,3-11H2,1-2H3. The Morgan fingerprint density at radius 2 is 2.05 bits per heavy atom. The quantitative estimate of drug-likeness (QED) is 0.902. The zero-order valence-corrected chi connectivity index (χ0v) is 13.0. The number of nitrogens with zero attached hydrogens (tertiary/aromatic N) is 2. The highest BCUT2D eigenvalue weighted by atomic mass is 32.1. The molecule has 1 aliphatic carbocycles. The van der Waals surface area contributed by atoms with E-state index < -0.39 is 0 Å². The number of piperazine rings is 1. The predicted octanol–water partition coefficient (Wildman–Crippen LogP) is 2.87. The van der Waals surface area contributed by atoms with Crippen molar-refractivity contribution in [2.24, 2.45) is 0 Å². The zero-order valence-electron chi connectivity index (χ0n) is 12.2. The van der Waals surface area contributed by atoms with E-state index in [1.807, 2.05) is 11.3 Å². The van der Waals surface area contributed by atoms with E-state index in [9.17, 15) is 0 Å². The lowest BCUT2D eigenvalue weighted by atomic mass is 9.80. The van der Waals surface area contributed by atoms with Crippen molar-refractivity contribution in [2.75, 3.05) is 19.6 Å². The molecule has 1 spiro atoms. The van der Waals surface area contributed by atoms with Crippen molar-refractivity contribution >= 4 is 11.3 Å². The molecule has 1 aliphatic heterocycles. The largest absolute Gasteiger partial charge is 0.309 e. The minimum atomic E-state index is 0.415. The first kappa shape index (κ1) is 13.5. The van der Waals surface area contributed by atoms with Crippen LogP contribution in [0, 0.1) is 13.8 Å². The van der Waals surface area contributed by atoms with Gasteiger partial charge in [-0.1, -0.05) is 19.3 Å². The molecule has 0 radical (unpaired) electrons. The number of aryl methyl sites for hydroxylation is 2. The van der Waals surface area contributed by atoms with E-state index in [0.29, 0.717) is 5.54 Å². The lowest BCUT2D eigenvalue weighted by Crippen LogP contribution is -2.60. The van der Waals surface area contributed by atoms with Crippen molar-refractivity contribution in [3.05, 3.63) is 15.6 Å². The van der Waals surface area contributed by atoms with Crippen molar-refractivity contribution in [3.63, 3.8) is 0 Å². The van der Waals surface area contributed by atoms with Gasteiger partial charge in [-0.2, -0.15) is 0 Å². The van der Waals surface area contributed by atoms with Gasteiger partial charge in [0, 0.05) is 30.1 Å². The number of hydrogen-bond acceptors (Lipinski definition) is 4. The van der Waals surface area contributed by atoms with E-state index in [-0.39, 0.29) is 0 Å². The van der Waals surface area contributed by atoms with Gasteiger partial charge in [-0.15, -0.1) is 11.3 Å². The van der Waals surface area contributed by atoms with E-state index >= 15 is 0 Å². The fourth-order valence-electron chi connectivity index (χ4n) is 3.54. The molecular formula is C15H25N3S. The van der Waals surface area contributed by atoms with Crippen molar-refractivity contribution in [2.45, 2.75) is 58.0 Å². The van der Waals surface area contributed by atoms with Crippen LogP contribution in [0.3, 0.4) is 0 Å². The fourth-order valence-corrected chi connectivity index (χ4v) is 4.52. The monoisotopic (exact) mass is 279 g/mol. The number of aromatic nitrogens is 1. The van der Waals surface area contributed by atoms with E-state index in [2.05, 4.69) is 24.1 Å². The highest BCUT2D eigenvalue weighted by molar-refractivity contribution is 7.11. The second kappa shape index (κ2) is 5.51. The summed E-state index contributed by atoms with van der Waals surface area (Å²) in [6.45, 7) is 8.86. The Hall–Kier alpha value is -0.450. The van der Waals surface area contributed by atoms with Gasteiger partial charge >= 0.3 is 0 Å². The van der Waals surface area contributed by atoms with Gasteiger partial charge in [-0.3, -0.25) is 4.90 Å². The molecule has 2 fully saturated rings. The Morgan fingerprint density at radius 3 is 2.74 bits per heavy atom. The molecule has 106 valence electrons. The van der Waals surface area contributed by atoms with Crippen LogP contribution in [0.2, 0.25) is 0 Å². The minimum absolute atomic E-state index is 0.415. The molecule has 2 aliphatic rings. The Balaban J connectivity index is 1.64. The average molecular weight is 279 g/mol. The van der Waals surface area contributed by atoms with Crippen LogP contribution in [0.15, 0.2) is 0 Å². The topological polar surface area (TPSA) is 28.2 Å². The number of thiazole rings is 1. The van der Waals surface area contributed by atoms with Crippen LogP contribution >= 0.6 is 11.3 Å². The molecule has 19 heavy (non-hydrogen) atoms. The van der Waals surface area contributed by atoms with E-state index in [1.165, 1.54) is 60.8 Å². The highest BCUT2D eigenvalue weighted by Crippen LogP contribution is 2.31. The third kappa shape index (κ3) is 3.01. The zero-order chi connectivity index (χ0) is 13.3. The first-order valence-electron chi connectivity index (χ1n) is 7.57. The minimum Gasteiger partial charge on any atom is -0.309 e. The van der Waals surface area contributed by atoms with Crippen LogP contribution in [0.4, 0.5) is 0 Å². The summed E-state index contributed by atoms with van der Waals surface area (Å²) in [5.74, 6) is 0. The number of nitrogens with one attached hydrogen (secondary N) is 1. The molecule has 0 amide bonds. The Kier molecular flexibility index (Phi) is 3.92. The third-order valence-electron chi connectivity index (χ3n) is 4.70. The van der Waals surface area contributed by atoms with Gasteiger partial charge in [0.05, 0.1) is 12.2 Å². The van der Waals surface area contributed by atoms with Gasteiger partial charge < -0.3 is 5.32 Å². The molecule has 1 aromatic rings. The maximum absolute atomic E-state index is 4.69. The molecule has 0 atom stereocenters. The molecule has 3 rings (SSSR count). The summed E-state index contributed by atoms with van der Waals surface area (Å²) in [5, 5.41) is 5.10. The summed E-state index contributed by atoms with van der Waals surface area (Å²) >= 11 is 1.87. The maximum atomic E-state index is 4.69. The van der Waals surface area contributed by atoms with Crippen molar-refractivity contribution in [3.8, 4) is 0 Å². The smallest absolute Gasteiger partial charge is 0.107 e. The molecule has 4 heteroatoms. The molecule has 1 saturated heterocycles. The molecular weight excluding hydrogens is 254 g/mol. The van der Waals surface area contributed by atoms with Crippen LogP contribution in [-0.4, -0.2) is 35.1 Å². The SMILES string of the molecule is Cc1nc(CN2CCNC3(CCCCC3)C2)sc1C. The second-order valence-corrected chi connectivity index (χ2v) is 7.52. The van der Waals surface area contributed by atoms with Gasteiger partial charge in [-0.25, -0.2) is 4.98 Å². The lowest BCUT2D eigenvalue weighted by molar-refractivity contribution is 0.0944. The molecule has 3 nitrogen and oxygen atoms in total. The molecule has 0 bridgehead atoms. The van der Waals surface area contributed by atoms with Crippen molar-refractivity contribution in [1.29, 1.82) is 0 Å². The predicted molar refractivity (Wildman–Crippen MR) is 80.7 cm³/mol. The average Bonchev–Trinajstić information content (AvgIpc) is 2.69. The van der Waals surface area contributed by atoms with Crippen LogP contribution in [0.25, 0.3) is 0 Å². The summed E-state index contributed by atoms with van der Waals surface area (Å²) in [5.41, 5.74) is 1.63. The highest BCUT2D eigenvalue weighted by Gasteiger charge is 2.36. The Labute approximate surface area is 120 Å². The van der Waals surface area contributed by atoms with Crippen LogP contribution < -0.4 is 5.32 Å². The second-order valence-electron chi connectivity index (χ2n) is 6.23. The van der Waals surface area contributed by atoms with Crippen molar-refractivity contribution in [1.82, 2.24) is 15.2 Å². The van der Waals surface area contributed by atoms with Gasteiger partial charge in [0.15, 0.2) is 0 Å². The third-order valence-corrected chi connectivity index (χ3v) is 5.75. The molecule has 1 N–H and O–H groups in total. The van der Waals surface area contributed by atoms with Gasteiger partial charge in [0.1, 0.15) is 5.01 Å². The van der Waals surface area contributed by atoms with Gasteiger partial charge in [-0.05, 0) is 26.7 Å². The first-order chi connectivity index (χ1) is 9.17. The molecule has 1 aromatic heterocycles. The maximum Gasteiger partial charge on any atom is 0.107 e. The lowest BCUT2D eigenvalue weighted by Gasteiger charge is -2.46. The summed E-state index contributed by atoms with van der Waals surface area (Å²) in [4.78, 5) is 8.68. The Bertz CT molecular complexity index is 410. The van der Waals surface area contributed by atoms with E-state index in [4.69, 9.17) is 4.98 Å². The fraction of sp³-hybridized carbons (Fsp3) is 0.800. The van der Waals surface area contributed by atoms with E-state index in [0.717, 1.165) is 13.1 Å². The van der Waals surface area contributed by atoms with Gasteiger partial charge in [0.2, 0.25) is 0 Å².